The maximum atomic E-state index is 6.56. The molecular weight excluding hydrogens is 236 g/mol. The molecule has 0 heterocycles. The van der Waals surface area contributed by atoms with Gasteiger partial charge < -0.3 is 4.43 Å². The molecule has 0 saturated carbocycles. The molecule has 0 aliphatic heterocycles. The summed E-state index contributed by atoms with van der Waals surface area (Å²) in [6.07, 6.45) is 12.1. The maximum absolute atomic E-state index is 6.56. The van der Waals surface area contributed by atoms with Crippen molar-refractivity contribution in [2.24, 2.45) is 0 Å². The first kappa shape index (κ1) is 17.3. The molecule has 0 spiro atoms. The molecule has 18 heavy (non-hydrogen) atoms. The van der Waals surface area contributed by atoms with Crippen LogP contribution in [0.15, 0.2) is 0 Å². The van der Waals surface area contributed by atoms with Gasteiger partial charge in [-0.3, -0.25) is 0 Å². The number of hydrogen-bond acceptors (Lipinski definition) is 1. The monoisotopic (exact) mass is 264 g/mol. The van der Waals surface area contributed by atoms with Crippen molar-refractivity contribution in [3.63, 3.8) is 0 Å². The van der Waals surface area contributed by atoms with Crippen molar-refractivity contribution < 1.29 is 4.43 Å². The van der Waals surface area contributed by atoms with Crippen molar-refractivity contribution in [3.8, 4) is 24.7 Å². The van der Waals surface area contributed by atoms with Crippen LogP contribution in [0.5, 0.6) is 0 Å². The number of hydrogen-bond donors (Lipinski definition) is 0. The fourth-order valence-electron chi connectivity index (χ4n) is 3.12. The molecule has 0 aliphatic rings. The Labute approximate surface area is 115 Å². The van der Waals surface area contributed by atoms with Gasteiger partial charge >= 0.3 is 0 Å². The third kappa shape index (κ3) is 3.90. The zero-order valence-electron chi connectivity index (χ0n) is 12.8. The first-order chi connectivity index (χ1) is 8.32. The van der Waals surface area contributed by atoms with Gasteiger partial charge in [0.1, 0.15) is 0 Å². The van der Waals surface area contributed by atoms with E-state index in [1.54, 1.807) is 0 Å². The van der Waals surface area contributed by atoms with E-state index in [1.807, 2.05) is 0 Å². The van der Waals surface area contributed by atoms with E-state index in [9.17, 15) is 0 Å². The summed E-state index contributed by atoms with van der Waals surface area (Å²) >= 11 is 0. The van der Waals surface area contributed by atoms with Gasteiger partial charge in [-0.2, -0.15) is 0 Å². The third-order valence-corrected chi connectivity index (χ3v) is 9.92. The topological polar surface area (TPSA) is 9.23 Å². The van der Waals surface area contributed by atoms with Crippen LogP contribution in [0.3, 0.4) is 0 Å². The summed E-state index contributed by atoms with van der Waals surface area (Å²) in [7, 11) is -1.86. The molecule has 0 aromatic heterocycles. The van der Waals surface area contributed by atoms with Gasteiger partial charge in [0, 0.05) is 12.8 Å². The lowest BCUT2D eigenvalue weighted by Crippen LogP contribution is -2.50. The average Bonchev–Trinajstić information content (AvgIpc) is 2.24. The summed E-state index contributed by atoms with van der Waals surface area (Å²) in [4.78, 5) is 0. The Bertz CT molecular complexity index is 279. The van der Waals surface area contributed by atoms with Gasteiger partial charge in [-0.15, -0.1) is 24.7 Å². The van der Waals surface area contributed by atoms with Crippen LogP contribution in [-0.2, 0) is 4.43 Å². The van der Waals surface area contributed by atoms with Gasteiger partial charge in [0.15, 0.2) is 0 Å². The molecule has 0 radical (unpaired) electrons. The summed E-state index contributed by atoms with van der Waals surface area (Å²) in [6, 6.07) is 0. The Hall–Kier alpha value is -0.703. The molecule has 0 rings (SSSR count). The quantitative estimate of drug-likeness (QED) is 0.482. The molecule has 0 atom stereocenters. The molecule has 102 valence electrons. The van der Waals surface area contributed by atoms with Crippen LogP contribution in [0.1, 0.15) is 54.4 Å². The largest absolute Gasteiger partial charge is 0.411 e. The zero-order chi connectivity index (χ0) is 14.3. The molecule has 0 aliphatic carbocycles. The summed E-state index contributed by atoms with van der Waals surface area (Å²) in [5.41, 5.74) is 1.70. The van der Waals surface area contributed by atoms with Crippen LogP contribution in [0.4, 0.5) is 0 Å². The minimum absolute atomic E-state index is 0.0267. The second kappa shape index (κ2) is 7.67. The highest BCUT2D eigenvalue weighted by Crippen LogP contribution is 2.43. The number of terminal acetylenes is 2. The molecule has 2 heteroatoms. The first-order valence-corrected chi connectivity index (χ1v) is 9.01. The normalized spacial score (nSPS) is 12.2. The summed E-state index contributed by atoms with van der Waals surface area (Å²) in [5.74, 6) is 5.39. The van der Waals surface area contributed by atoms with E-state index in [0.29, 0.717) is 29.5 Å². The highest BCUT2D eigenvalue weighted by Gasteiger charge is 2.46. The molecule has 0 unspecified atom stereocenters. The van der Waals surface area contributed by atoms with Crippen molar-refractivity contribution in [2.75, 3.05) is 0 Å². The Morgan fingerprint density at radius 1 is 0.833 bits per heavy atom. The first-order valence-electron chi connectivity index (χ1n) is 6.87. The van der Waals surface area contributed by atoms with Gasteiger partial charge in [0.2, 0.25) is 8.32 Å². The van der Waals surface area contributed by atoms with Crippen LogP contribution in [-0.4, -0.2) is 14.4 Å². The standard InChI is InChI=1S/C16H28OSi/c1-9-11-16(12-10-2)17-18(13(3)4,14(5)6)15(7)8/h1-2,13-16H,11-12H2,3-8H3. The Balaban J connectivity index is 5.21. The molecule has 0 N–H and O–H groups in total. The van der Waals surface area contributed by atoms with Crippen LogP contribution in [0.25, 0.3) is 0 Å². The van der Waals surface area contributed by atoms with Crippen LogP contribution in [0.2, 0.25) is 16.6 Å². The highest BCUT2D eigenvalue weighted by atomic mass is 28.4. The summed E-state index contributed by atoms with van der Waals surface area (Å²) in [5, 5.41) is 0. The fraction of sp³-hybridized carbons (Fsp3) is 0.750. The van der Waals surface area contributed by atoms with Crippen molar-refractivity contribution in [1.82, 2.24) is 0 Å². The summed E-state index contributed by atoms with van der Waals surface area (Å²) < 4.78 is 6.56. The predicted molar refractivity (Wildman–Crippen MR) is 82.8 cm³/mol. The molecule has 0 aromatic rings. The van der Waals surface area contributed by atoms with E-state index in [1.165, 1.54) is 0 Å². The minimum atomic E-state index is -1.86. The molecular formula is C16H28OSi. The Kier molecular flexibility index (Phi) is 7.37. The summed E-state index contributed by atoms with van der Waals surface area (Å²) in [6.45, 7) is 13.6. The predicted octanol–water partition coefficient (Wildman–Crippen LogP) is 4.59. The van der Waals surface area contributed by atoms with E-state index in [0.717, 1.165) is 0 Å². The van der Waals surface area contributed by atoms with Crippen LogP contribution < -0.4 is 0 Å². The minimum Gasteiger partial charge on any atom is -0.411 e. The maximum Gasteiger partial charge on any atom is 0.200 e. The van der Waals surface area contributed by atoms with E-state index >= 15 is 0 Å². The second-order valence-corrected chi connectivity index (χ2v) is 11.3. The Morgan fingerprint density at radius 3 is 1.39 bits per heavy atom. The lowest BCUT2D eigenvalue weighted by molar-refractivity contribution is 0.183. The molecule has 0 amide bonds. The van der Waals surface area contributed by atoms with Crippen molar-refractivity contribution in [3.05, 3.63) is 0 Å². The second-order valence-electron chi connectivity index (χ2n) is 5.87. The van der Waals surface area contributed by atoms with E-state index in [2.05, 4.69) is 53.4 Å². The van der Waals surface area contributed by atoms with Gasteiger partial charge in [0.05, 0.1) is 6.10 Å². The molecule has 0 fully saturated rings. The number of rotatable bonds is 7. The van der Waals surface area contributed by atoms with Gasteiger partial charge in [-0.25, -0.2) is 0 Å². The van der Waals surface area contributed by atoms with Crippen molar-refractivity contribution >= 4 is 8.32 Å². The van der Waals surface area contributed by atoms with Gasteiger partial charge in [0.25, 0.3) is 0 Å². The van der Waals surface area contributed by atoms with E-state index in [-0.39, 0.29) is 6.10 Å². The van der Waals surface area contributed by atoms with Crippen molar-refractivity contribution in [2.45, 2.75) is 77.1 Å². The molecule has 0 aromatic carbocycles. The zero-order valence-corrected chi connectivity index (χ0v) is 13.8. The fourth-order valence-corrected chi connectivity index (χ4v) is 8.68. The Morgan fingerprint density at radius 2 is 1.17 bits per heavy atom. The third-order valence-electron chi connectivity index (χ3n) is 3.77. The van der Waals surface area contributed by atoms with E-state index < -0.39 is 8.32 Å². The highest BCUT2D eigenvalue weighted by molar-refractivity contribution is 6.77. The van der Waals surface area contributed by atoms with Gasteiger partial charge in [-0.05, 0) is 16.6 Å². The van der Waals surface area contributed by atoms with Gasteiger partial charge in [-0.1, -0.05) is 41.5 Å². The van der Waals surface area contributed by atoms with Crippen LogP contribution in [0, 0.1) is 24.7 Å². The van der Waals surface area contributed by atoms with Crippen molar-refractivity contribution in [1.29, 1.82) is 0 Å². The van der Waals surface area contributed by atoms with E-state index in [4.69, 9.17) is 17.3 Å². The smallest absolute Gasteiger partial charge is 0.200 e. The average molecular weight is 264 g/mol. The van der Waals surface area contributed by atoms with Crippen LogP contribution >= 0.6 is 0 Å². The SMILES string of the molecule is C#CCC(CC#C)O[Si](C(C)C)(C(C)C)C(C)C. The lowest BCUT2D eigenvalue weighted by Gasteiger charge is -2.44. The molecule has 0 bridgehead atoms. The molecule has 0 saturated heterocycles. The molecule has 1 nitrogen and oxygen atoms in total. The lowest BCUT2D eigenvalue weighted by atomic mass is 10.2.